The van der Waals surface area contributed by atoms with E-state index in [1.165, 1.54) is 25.1 Å². The summed E-state index contributed by atoms with van der Waals surface area (Å²) in [4.78, 5) is 0. The van der Waals surface area contributed by atoms with Gasteiger partial charge in [-0.15, -0.1) is 4.68 Å². The Labute approximate surface area is 98.8 Å². The van der Waals surface area contributed by atoms with E-state index in [1.54, 1.807) is 0 Å². The third-order valence-corrected chi connectivity index (χ3v) is 2.22. The second kappa shape index (κ2) is 4.04. The van der Waals surface area contributed by atoms with Crippen LogP contribution in [-0.2, 0) is 20.0 Å². The summed E-state index contributed by atoms with van der Waals surface area (Å²) in [6.45, 7) is 1.04. The average Bonchev–Trinajstić information content (AvgIpc) is 2.34. The van der Waals surface area contributed by atoms with Gasteiger partial charge in [0.25, 0.3) is 5.82 Å². The first-order chi connectivity index (χ1) is 7.83. The van der Waals surface area contributed by atoms with Crippen molar-refractivity contribution in [1.29, 1.82) is 0 Å². The fourth-order valence-electron chi connectivity index (χ4n) is 1.56. The van der Waals surface area contributed by atoms with Crippen LogP contribution in [0.1, 0.15) is 25.1 Å². The van der Waals surface area contributed by atoms with Gasteiger partial charge in [0.15, 0.2) is 5.21 Å². The summed E-state index contributed by atoms with van der Waals surface area (Å²) < 4.78 is 63.1. The van der Waals surface area contributed by atoms with Gasteiger partial charge in [-0.2, -0.15) is 0 Å². The first-order valence-corrected chi connectivity index (χ1v) is 7.21. The quantitative estimate of drug-likeness (QED) is 0.419. The molecule has 4 nitrogen and oxygen atoms in total. The van der Waals surface area contributed by atoms with Crippen molar-refractivity contribution in [3.05, 3.63) is 5.82 Å². The molecule has 0 spiro atoms. The second-order valence-corrected chi connectivity index (χ2v) is 5.93. The molecule has 108 valence electrons. The molecule has 2 rings (SSSR count). The number of aryl methyl sites for hydroxylation is 2. The Morgan fingerprint density at radius 2 is 1.61 bits per heavy atom. The van der Waals surface area contributed by atoms with E-state index in [-0.39, 0.29) is 0 Å². The Morgan fingerprint density at radius 3 is 2.17 bits per heavy atom. The van der Waals surface area contributed by atoms with Gasteiger partial charge >= 0.3 is 33.0 Å². The predicted octanol–water partition coefficient (Wildman–Crippen LogP) is 3.21. The van der Waals surface area contributed by atoms with Crippen LogP contribution in [0.3, 0.4) is 0 Å². The number of fused-ring (bicyclic) bond motifs is 1. The molecule has 0 amide bonds. The minimum absolute atomic E-state index is 1.04. The van der Waals surface area contributed by atoms with E-state index >= 15 is 0 Å². The number of hydrogen-bond acceptors (Lipinski definition) is 2. The Bertz CT molecular complexity index is 412. The van der Waals surface area contributed by atoms with Crippen molar-refractivity contribution in [3.8, 4) is 0 Å². The summed E-state index contributed by atoms with van der Waals surface area (Å²) in [7, 11) is -8.69. The molecule has 0 unspecified atom stereocenters. The van der Waals surface area contributed by atoms with Crippen molar-refractivity contribution >= 4 is 7.81 Å². The molecule has 0 N–H and O–H groups in total. The second-order valence-electron chi connectivity index (χ2n) is 4.01. The summed E-state index contributed by atoms with van der Waals surface area (Å²) in [6, 6.07) is 0. The zero-order valence-corrected chi connectivity index (χ0v) is 10.4. The van der Waals surface area contributed by atoms with Crippen LogP contribution in [-0.4, -0.2) is 15.1 Å². The molecule has 0 bridgehead atoms. The molecule has 1 aromatic heterocycles. The molecule has 0 saturated carbocycles. The molecular weight excluding hydrogens is 285 g/mol. The number of nitrogens with zero attached hydrogens (tertiary/aromatic N) is 4. The molecule has 0 fully saturated rings. The SMILES string of the molecule is C[n+]1nnn2c1CCCCC2.F[P-](F)(F)(F)(F)F. The van der Waals surface area contributed by atoms with Crippen LogP contribution < -0.4 is 4.68 Å². The Morgan fingerprint density at radius 1 is 1.06 bits per heavy atom. The van der Waals surface area contributed by atoms with Crippen LogP contribution in [0.4, 0.5) is 25.2 Å². The zero-order valence-electron chi connectivity index (χ0n) is 9.54. The van der Waals surface area contributed by atoms with Gasteiger partial charge in [-0.1, -0.05) is 4.68 Å². The minimum atomic E-state index is -10.7. The van der Waals surface area contributed by atoms with Gasteiger partial charge in [-0.25, -0.2) is 0 Å². The van der Waals surface area contributed by atoms with Gasteiger partial charge in [-0.3, -0.25) is 0 Å². The Balaban J connectivity index is 0.000000203. The average molecular weight is 298 g/mol. The Kier molecular flexibility index (Phi) is 3.40. The summed E-state index contributed by atoms with van der Waals surface area (Å²) in [6.07, 6.45) is 4.98. The van der Waals surface area contributed by atoms with Crippen molar-refractivity contribution in [3.63, 3.8) is 0 Å². The molecule has 1 aliphatic heterocycles. The molecule has 2 heterocycles. The third kappa shape index (κ3) is 7.41. The van der Waals surface area contributed by atoms with Gasteiger partial charge in [0, 0.05) is 6.42 Å². The molecule has 18 heavy (non-hydrogen) atoms. The van der Waals surface area contributed by atoms with Crippen LogP contribution in [0.2, 0.25) is 0 Å². The van der Waals surface area contributed by atoms with Gasteiger partial charge < -0.3 is 0 Å². The maximum atomic E-state index is 9.87. The molecule has 1 aliphatic rings. The summed E-state index contributed by atoms with van der Waals surface area (Å²) >= 11 is 0. The van der Waals surface area contributed by atoms with Crippen LogP contribution in [0, 0.1) is 0 Å². The van der Waals surface area contributed by atoms with E-state index in [2.05, 4.69) is 10.4 Å². The fourth-order valence-corrected chi connectivity index (χ4v) is 1.56. The van der Waals surface area contributed by atoms with E-state index in [4.69, 9.17) is 0 Å². The van der Waals surface area contributed by atoms with Crippen LogP contribution in [0.25, 0.3) is 0 Å². The molecule has 1 aromatic rings. The first-order valence-electron chi connectivity index (χ1n) is 5.18. The van der Waals surface area contributed by atoms with E-state index in [0.29, 0.717) is 0 Å². The van der Waals surface area contributed by atoms with Crippen molar-refractivity contribution in [2.24, 2.45) is 7.05 Å². The topological polar surface area (TPSA) is 34.6 Å². The number of aromatic nitrogens is 4. The first kappa shape index (κ1) is 15.1. The molecule has 11 heteroatoms. The van der Waals surface area contributed by atoms with E-state index in [9.17, 15) is 25.2 Å². The number of tetrazole rings is 1. The molecule has 0 aliphatic carbocycles. The molecular formula is C7H13F6N4P. The van der Waals surface area contributed by atoms with Gasteiger partial charge in [0.2, 0.25) is 0 Å². The molecule has 0 radical (unpaired) electrons. The van der Waals surface area contributed by atoms with Crippen LogP contribution >= 0.6 is 7.81 Å². The third-order valence-electron chi connectivity index (χ3n) is 2.22. The monoisotopic (exact) mass is 298 g/mol. The van der Waals surface area contributed by atoms with E-state index in [0.717, 1.165) is 13.0 Å². The van der Waals surface area contributed by atoms with Gasteiger partial charge in [-0.05, 0) is 19.3 Å². The van der Waals surface area contributed by atoms with Crippen molar-refractivity contribution < 1.29 is 29.9 Å². The van der Waals surface area contributed by atoms with Gasteiger partial charge in [0.1, 0.15) is 11.8 Å². The van der Waals surface area contributed by atoms with Crippen molar-refractivity contribution in [2.45, 2.75) is 32.2 Å². The summed E-state index contributed by atoms with van der Waals surface area (Å²) in [5.74, 6) is 1.27. The standard InChI is InChI=1S/C7H13N4.F6P/c1-10-7-5-3-2-4-6-11(7)9-8-10;1-7(2,3,4,5)6/h2-6H2,1H3;/q+1;-1. The molecule has 0 saturated heterocycles. The predicted molar refractivity (Wildman–Crippen MR) is 52.3 cm³/mol. The number of hydrogen-bond donors (Lipinski definition) is 0. The van der Waals surface area contributed by atoms with Crippen LogP contribution in [0.5, 0.6) is 0 Å². The fraction of sp³-hybridized carbons (Fsp3) is 0.857. The van der Waals surface area contributed by atoms with Crippen molar-refractivity contribution in [2.75, 3.05) is 0 Å². The Hall–Kier alpha value is -0.920. The van der Waals surface area contributed by atoms with E-state index in [1.807, 2.05) is 16.4 Å². The van der Waals surface area contributed by atoms with Crippen LogP contribution in [0.15, 0.2) is 0 Å². The molecule has 0 aromatic carbocycles. The molecule has 0 atom stereocenters. The van der Waals surface area contributed by atoms with Gasteiger partial charge in [0.05, 0.1) is 7.05 Å². The summed E-state index contributed by atoms with van der Waals surface area (Å²) in [5.41, 5.74) is 0. The number of rotatable bonds is 0. The zero-order chi connectivity index (χ0) is 14.1. The summed E-state index contributed by atoms with van der Waals surface area (Å²) in [5, 5.41) is 8.02. The van der Waals surface area contributed by atoms with Crippen molar-refractivity contribution in [1.82, 2.24) is 15.1 Å². The normalized spacial score (nSPS) is 19.7. The maximum absolute atomic E-state index is 10.7. The van der Waals surface area contributed by atoms with E-state index < -0.39 is 7.81 Å². The number of halogens is 6.